The van der Waals surface area contributed by atoms with E-state index in [0.717, 1.165) is 5.56 Å². The van der Waals surface area contributed by atoms with Gasteiger partial charge in [0, 0.05) is 5.56 Å². The Morgan fingerprint density at radius 1 is 0.966 bits per heavy atom. The lowest BCUT2D eigenvalue weighted by molar-refractivity contribution is -0.161. The van der Waals surface area contributed by atoms with Crippen LogP contribution in [0.4, 0.5) is 0 Å². The van der Waals surface area contributed by atoms with E-state index in [4.69, 9.17) is 9.47 Å². The summed E-state index contributed by atoms with van der Waals surface area (Å²) in [4.78, 5) is 24.5. The molecule has 2 rings (SSSR count). The average molecular weight is 394 g/mol. The van der Waals surface area contributed by atoms with Gasteiger partial charge in [0.1, 0.15) is 6.10 Å². The van der Waals surface area contributed by atoms with E-state index in [1.54, 1.807) is 26.0 Å². The molecule has 1 unspecified atom stereocenters. The molecule has 1 N–H and O–H groups in total. The standard InChI is InChI=1S/C24H26O5/c1-4-28-23(26)21(24(27)29-5-2)16-20-9-7-6-8-18(20)14-15-22(25)19-12-10-17(3)11-13-19/h6-13,21-22,25H,4-5,16H2,1-3H3. The van der Waals surface area contributed by atoms with Crippen LogP contribution in [0.25, 0.3) is 0 Å². The smallest absolute Gasteiger partial charge is 0.320 e. The number of hydrogen-bond acceptors (Lipinski definition) is 5. The molecule has 2 aromatic carbocycles. The number of aliphatic hydroxyl groups is 1. The zero-order valence-electron chi connectivity index (χ0n) is 17.0. The fourth-order valence-corrected chi connectivity index (χ4v) is 2.77. The highest BCUT2D eigenvalue weighted by molar-refractivity contribution is 5.95. The summed E-state index contributed by atoms with van der Waals surface area (Å²) in [6, 6.07) is 14.7. The van der Waals surface area contributed by atoms with Crippen LogP contribution in [0.3, 0.4) is 0 Å². The van der Waals surface area contributed by atoms with Crippen LogP contribution in [0.15, 0.2) is 48.5 Å². The minimum absolute atomic E-state index is 0.114. The molecule has 29 heavy (non-hydrogen) atoms. The molecule has 5 heteroatoms. The first-order chi connectivity index (χ1) is 14.0. The number of carbonyl (C=O) groups excluding carboxylic acids is 2. The van der Waals surface area contributed by atoms with Crippen molar-refractivity contribution < 1.29 is 24.2 Å². The second-order valence-electron chi connectivity index (χ2n) is 6.50. The molecule has 0 radical (unpaired) electrons. The van der Waals surface area contributed by atoms with Gasteiger partial charge in [-0.1, -0.05) is 59.9 Å². The Balaban J connectivity index is 2.26. The minimum atomic E-state index is -1.06. The highest BCUT2D eigenvalue weighted by atomic mass is 16.6. The molecule has 1 atom stereocenters. The molecule has 0 bridgehead atoms. The van der Waals surface area contributed by atoms with Gasteiger partial charge >= 0.3 is 11.9 Å². The largest absolute Gasteiger partial charge is 0.465 e. The Bertz CT molecular complexity index is 871. The lowest BCUT2D eigenvalue weighted by Gasteiger charge is -2.15. The molecule has 0 amide bonds. The second-order valence-corrected chi connectivity index (χ2v) is 6.50. The molecular formula is C24H26O5. The van der Waals surface area contributed by atoms with E-state index in [1.165, 1.54) is 0 Å². The summed E-state index contributed by atoms with van der Waals surface area (Å²) in [5, 5.41) is 10.3. The maximum absolute atomic E-state index is 12.3. The number of ether oxygens (including phenoxy) is 2. The molecule has 0 aliphatic heterocycles. The molecule has 0 saturated carbocycles. The van der Waals surface area contributed by atoms with Gasteiger partial charge in [0.15, 0.2) is 5.92 Å². The summed E-state index contributed by atoms with van der Waals surface area (Å²) < 4.78 is 10.1. The van der Waals surface area contributed by atoms with E-state index in [1.807, 2.05) is 43.3 Å². The number of aliphatic hydroxyl groups excluding tert-OH is 1. The van der Waals surface area contributed by atoms with Crippen molar-refractivity contribution in [3.8, 4) is 11.8 Å². The third-order valence-corrected chi connectivity index (χ3v) is 4.32. The van der Waals surface area contributed by atoms with Crippen molar-refractivity contribution in [3.05, 3.63) is 70.8 Å². The summed E-state index contributed by atoms with van der Waals surface area (Å²) in [6.07, 6.45) is -0.821. The predicted octanol–water partition coefficient (Wildman–Crippen LogP) is 3.37. The van der Waals surface area contributed by atoms with Crippen LogP contribution in [0.2, 0.25) is 0 Å². The van der Waals surface area contributed by atoms with Crippen molar-refractivity contribution in [1.29, 1.82) is 0 Å². The van der Waals surface area contributed by atoms with Crippen LogP contribution in [0, 0.1) is 24.7 Å². The maximum atomic E-state index is 12.3. The number of rotatable bonds is 7. The van der Waals surface area contributed by atoms with Crippen molar-refractivity contribution in [1.82, 2.24) is 0 Å². The van der Waals surface area contributed by atoms with Crippen LogP contribution >= 0.6 is 0 Å². The quantitative estimate of drug-likeness (QED) is 0.443. The van der Waals surface area contributed by atoms with Gasteiger partial charge in [-0.25, -0.2) is 0 Å². The van der Waals surface area contributed by atoms with Gasteiger partial charge in [-0.2, -0.15) is 0 Å². The summed E-state index contributed by atoms with van der Waals surface area (Å²) in [5.74, 6) is 3.51. The summed E-state index contributed by atoms with van der Waals surface area (Å²) in [5.41, 5.74) is 3.15. The highest BCUT2D eigenvalue weighted by Gasteiger charge is 2.30. The fourth-order valence-electron chi connectivity index (χ4n) is 2.77. The van der Waals surface area contributed by atoms with Gasteiger partial charge in [-0.15, -0.1) is 0 Å². The van der Waals surface area contributed by atoms with E-state index < -0.39 is 24.0 Å². The SMILES string of the molecule is CCOC(=O)C(Cc1ccccc1C#CC(O)c1ccc(C)cc1)C(=O)OCC. The molecule has 152 valence electrons. The van der Waals surface area contributed by atoms with E-state index in [9.17, 15) is 14.7 Å². The molecule has 0 fully saturated rings. The predicted molar refractivity (Wildman–Crippen MR) is 110 cm³/mol. The Kier molecular flexibility index (Phi) is 8.45. The molecule has 5 nitrogen and oxygen atoms in total. The lowest BCUT2D eigenvalue weighted by atomic mass is 9.95. The normalized spacial score (nSPS) is 11.3. The lowest BCUT2D eigenvalue weighted by Crippen LogP contribution is -2.30. The van der Waals surface area contributed by atoms with Gasteiger partial charge in [0.2, 0.25) is 0 Å². The number of benzene rings is 2. The Labute approximate surface area is 171 Å². The fraction of sp³-hybridized carbons (Fsp3) is 0.333. The first-order valence-corrected chi connectivity index (χ1v) is 9.63. The number of esters is 2. The minimum Gasteiger partial charge on any atom is -0.465 e. The van der Waals surface area contributed by atoms with Crippen LogP contribution in [0.1, 0.15) is 42.2 Å². The van der Waals surface area contributed by atoms with Gasteiger partial charge in [0.25, 0.3) is 0 Å². The van der Waals surface area contributed by atoms with E-state index in [0.29, 0.717) is 16.7 Å². The van der Waals surface area contributed by atoms with Crippen molar-refractivity contribution in [2.24, 2.45) is 5.92 Å². The third kappa shape index (κ3) is 6.48. The molecule has 0 aromatic heterocycles. The van der Waals surface area contributed by atoms with Crippen LogP contribution in [-0.4, -0.2) is 30.3 Å². The Morgan fingerprint density at radius 2 is 1.55 bits per heavy atom. The first-order valence-electron chi connectivity index (χ1n) is 9.63. The molecule has 0 aliphatic rings. The zero-order chi connectivity index (χ0) is 21.2. The number of carbonyl (C=O) groups is 2. The van der Waals surface area contributed by atoms with Gasteiger partial charge in [0.05, 0.1) is 13.2 Å². The summed E-state index contributed by atoms with van der Waals surface area (Å²) in [6.45, 7) is 5.71. The van der Waals surface area contributed by atoms with Crippen molar-refractivity contribution in [3.63, 3.8) is 0 Å². The number of hydrogen-bond donors (Lipinski definition) is 1. The second kappa shape index (κ2) is 11.0. The average Bonchev–Trinajstić information content (AvgIpc) is 2.71. The van der Waals surface area contributed by atoms with Crippen molar-refractivity contribution in [2.45, 2.75) is 33.3 Å². The Morgan fingerprint density at radius 3 is 2.14 bits per heavy atom. The van der Waals surface area contributed by atoms with Gasteiger partial charge in [-0.05, 0) is 44.4 Å². The monoisotopic (exact) mass is 394 g/mol. The molecular weight excluding hydrogens is 368 g/mol. The van der Waals surface area contributed by atoms with Crippen LogP contribution in [0.5, 0.6) is 0 Å². The number of aryl methyl sites for hydroxylation is 1. The highest BCUT2D eigenvalue weighted by Crippen LogP contribution is 2.18. The summed E-state index contributed by atoms with van der Waals surface area (Å²) >= 11 is 0. The van der Waals surface area contributed by atoms with Crippen LogP contribution in [-0.2, 0) is 25.5 Å². The van der Waals surface area contributed by atoms with E-state index in [-0.39, 0.29) is 19.6 Å². The zero-order valence-corrected chi connectivity index (χ0v) is 17.0. The molecule has 0 aliphatic carbocycles. The van der Waals surface area contributed by atoms with Gasteiger partial charge in [-0.3, -0.25) is 9.59 Å². The van der Waals surface area contributed by atoms with Crippen molar-refractivity contribution in [2.75, 3.05) is 13.2 Å². The first kappa shape index (κ1) is 22.2. The van der Waals surface area contributed by atoms with Crippen molar-refractivity contribution >= 4 is 11.9 Å². The topological polar surface area (TPSA) is 72.8 Å². The molecule has 0 saturated heterocycles. The molecule has 0 spiro atoms. The summed E-state index contributed by atoms with van der Waals surface area (Å²) in [7, 11) is 0. The van der Waals surface area contributed by atoms with Gasteiger partial charge < -0.3 is 14.6 Å². The van der Waals surface area contributed by atoms with E-state index >= 15 is 0 Å². The van der Waals surface area contributed by atoms with E-state index in [2.05, 4.69) is 11.8 Å². The van der Waals surface area contributed by atoms with Crippen LogP contribution < -0.4 is 0 Å². The molecule has 0 heterocycles. The third-order valence-electron chi connectivity index (χ3n) is 4.32. The molecule has 2 aromatic rings. The maximum Gasteiger partial charge on any atom is 0.320 e. The Hall–Kier alpha value is -3.10.